The minimum absolute atomic E-state index is 0.0779. The number of hydrogen-bond donors (Lipinski definition) is 4. The zero-order valence-corrected chi connectivity index (χ0v) is 10.2. The molecule has 0 aliphatic carbocycles. The molecule has 6 N–H and O–H groups in total. The Morgan fingerprint density at radius 1 is 1.50 bits per heavy atom. The summed E-state index contributed by atoms with van der Waals surface area (Å²) < 4.78 is 5.13. The molecule has 0 aromatic heterocycles. The van der Waals surface area contributed by atoms with E-state index in [0.29, 0.717) is 19.4 Å². The van der Waals surface area contributed by atoms with Crippen LogP contribution in [0.5, 0.6) is 0 Å². The first-order valence-corrected chi connectivity index (χ1v) is 5.28. The third-order valence-corrected chi connectivity index (χ3v) is 1.72. The van der Waals surface area contributed by atoms with Crippen molar-refractivity contribution in [1.82, 2.24) is 5.32 Å². The number of nitrogens with one attached hydrogen (secondary N) is 2. The Morgan fingerprint density at radius 2 is 2.06 bits per heavy atom. The van der Waals surface area contributed by atoms with Crippen LogP contribution in [0.2, 0.25) is 0 Å². The van der Waals surface area contributed by atoms with Crippen LogP contribution < -0.4 is 16.8 Å². The minimum Gasteiger partial charge on any atom is -0.459 e. The Labute approximate surface area is 96.2 Å². The van der Waals surface area contributed by atoms with Crippen molar-refractivity contribution in [3.63, 3.8) is 0 Å². The molecule has 0 aromatic carbocycles. The number of carbonyl (C=O) groups excluding carboxylic acids is 1. The third-order valence-electron chi connectivity index (χ3n) is 1.72. The largest absolute Gasteiger partial charge is 0.459 e. The van der Waals surface area contributed by atoms with E-state index in [2.05, 4.69) is 5.32 Å². The molecule has 0 fully saturated rings. The lowest BCUT2D eigenvalue weighted by Gasteiger charge is -2.22. The van der Waals surface area contributed by atoms with Crippen LogP contribution in [0.3, 0.4) is 0 Å². The first-order chi connectivity index (χ1) is 7.22. The lowest BCUT2D eigenvalue weighted by atomic mass is 10.1. The summed E-state index contributed by atoms with van der Waals surface area (Å²) in [6.07, 6.45) is 1.18. The van der Waals surface area contributed by atoms with Gasteiger partial charge in [0, 0.05) is 6.54 Å². The van der Waals surface area contributed by atoms with E-state index in [1.807, 2.05) is 0 Å². The molecule has 0 saturated heterocycles. The standard InChI is InChI=1S/C10H22N4O2/c1-10(2,3)16-8(15)7(11)5-4-6-14-9(12)13/h7H,4-6,11H2,1-3H3,(H4,12,13,14)/t7-/m0/s1. The van der Waals surface area contributed by atoms with Crippen LogP contribution in [0.15, 0.2) is 0 Å². The maximum Gasteiger partial charge on any atom is 0.323 e. The van der Waals surface area contributed by atoms with Crippen LogP contribution in [-0.4, -0.2) is 30.1 Å². The molecule has 0 radical (unpaired) electrons. The predicted molar refractivity (Wildman–Crippen MR) is 63.0 cm³/mol. The summed E-state index contributed by atoms with van der Waals surface area (Å²) in [5.41, 5.74) is 10.2. The molecule has 0 unspecified atom stereocenters. The number of nitrogens with two attached hydrogens (primary N) is 2. The molecule has 0 spiro atoms. The van der Waals surface area contributed by atoms with Crippen molar-refractivity contribution in [3.05, 3.63) is 0 Å². The minimum atomic E-state index is -0.618. The summed E-state index contributed by atoms with van der Waals surface area (Å²) in [7, 11) is 0. The van der Waals surface area contributed by atoms with E-state index in [-0.39, 0.29) is 5.96 Å². The molecule has 0 heterocycles. The van der Waals surface area contributed by atoms with E-state index in [1.165, 1.54) is 0 Å². The number of ether oxygens (including phenoxy) is 1. The molecular weight excluding hydrogens is 208 g/mol. The molecule has 0 aliphatic heterocycles. The Hall–Kier alpha value is -1.30. The van der Waals surface area contributed by atoms with Crippen molar-refractivity contribution in [1.29, 1.82) is 5.41 Å². The predicted octanol–water partition coefficient (Wildman–Crippen LogP) is -0.0813. The molecule has 16 heavy (non-hydrogen) atoms. The van der Waals surface area contributed by atoms with Gasteiger partial charge in [0.05, 0.1) is 0 Å². The van der Waals surface area contributed by atoms with Gasteiger partial charge in [0.1, 0.15) is 11.6 Å². The number of rotatable bonds is 5. The smallest absolute Gasteiger partial charge is 0.323 e. The number of guanidine groups is 1. The molecule has 0 saturated carbocycles. The molecule has 0 aromatic rings. The van der Waals surface area contributed by atoms with Gasteiger partial charge in [-0.2, -0.15) is 0 Å². The summed E-state index contributed by atoms with van der Waals surface area (Å²) in [5.74, 6) is -0.471. The summed E-state index contributed by atoms with van der Waals surface area (Å²) in [5, 5.41) is 9.57. The summed E-state index contributed by atoms with van der Waals surface area (Å²) in [6.45, 7) is 5.94. The fourth-order valence-corrected chi connectivity index (χ4v) is 1.04. The first kappa shape index (κ1) is 14.7. The van der Waals surface area contributed by atoms with Crippen molar-refractivity contribution in [2.24, 2.45) is 11.5 Å². The van der Waals surface area contributed by atoms with Gasteiger partial charge in [0.25, 0.3) is 0 Å². The zero-order valence-electron chi connectivity index (χ0n) is 10.2. The van der Waals surface area contributed by atoms with E-state index >= 15 is 0 Å². The van der Waals surface area contributed by atoms with Crippen LogP contribution >= 0.6 is 0 Å². The van der Waals surface area contributed by atoms with Gasteiger partial charge in [-0.05, 0) is 33.6 Å². The molecule has 0 aliphatic rings. The van der Waals surface area contributed by atoms with Gasteiger partial charge < -0.3 is 21.5 Å². The molecular formula is C10H22N4O2. The fraction of sp³-hybridized carbons (Fsp3) is 0.800. The van der Waals surface area contributed by atoms with E-state index in [1.54, 1.807) is 20.8 Å². The molecule has 94 valence electrons. The summed E-state index contributed by atoms with van der Waals surface area (Å²) >= 11 is 0. The van der Waals surface area contributed by atoms with E-state index in [0.717, 1.165) is 0 Å². The van der Waals surface area contributed by atoms with Crippen molar-refractivity contribution in [2.75, 3.05) is 6.54 Å². The Kier molecular flexibility index (Phi) is 5.81. The monoisotopic (exact) mass is 230 g/mol. The average Bonchev–Trinajstić information content (AvgIpc) is 2.08. The Bertz CT molecular complexity index is 248. The van der Waals surface area contributed by atoms with Crippen LogP contribution in [0.1, 0.15) is 33.6 Å². The van der Waals surface area contributed by atoms with Gasteiger partial charge in [0.2, 0.25) is 0 Å². The number of hydrogen-bond acceptors (Lipinski definition) is 4. The van der Waals surface area contributed by atoms with Gasteiger partial charge >= 0.3 is 5.97 Å². The fourth-order valence-electron chi connectivity index (χ4n) is 1.04. The molecule has 0 bridgehead atoms. The highest BCUT2D eigenvalue weighted by Crippen LogP contribution is 2.09. The normalized spacial score (nSPS) is 13.0. The highest BCUT2D eigenvalue weighted by Gasteiger charge is 2.21. The molecule has 1 atom stereocenters. The van der Waals surface area contributed by atoms with Crippen LogP contribution in [0.25, 0.3) is 0 Å². The Balaban J connectivity index is 3.76. The van der Waals surface area contributed by atoms with Crippen LogP contribution in [-0.2, 0) is 9.53 Å². The van der Waals surface area contributed by atoms with Gasteiger partial charge in [0.15, 0.2) is 5.96 Å². The second-order valence-electron chi connectivity index (χ2n) is 4.62. The second kappa shape index (κ2) is 6.32. The van der Waals surface area contributed by atoms with Crippen molar-refractivity contribution in [2.45, 2.75) is 45.3 Å². The van der Waals surface area contributed by atoms with Gasteiger partial charge in [-0.3, -0.25) is 10.2 Å². The van der Waals surface area contributed by atoms with Crippen LogP contribution in [0, 0.1) is 5.41 Å². The SMILES string of the molecule is CC(C)(C)OC(=O)[C@@H](N)CCCNC(=N)N. The van der Waals surface area contributed by atoms with Gasteiger partial charge in [-0.15, -0.1) is 0 Å². The van der Waals surface area contributed by atoms with Crippen molar-refractivity contribution in [3.8, 4) is 0 Å². The quantitative estimate of drug-likeness (QED) is 0.228. The third kappa shape index (κ3) is 8.05. The zero-order chi connectivity index (χ0) is 12.8. The molecule has 0 amide bonds. The summed E-state index contributed by atoms with van der Waals surface area (Å²) in [4.78, 5) is 11.5. The highest BCUT2D eigenvalue weighted by atomic mass is 16.6. The first-order valence-electron chi connectivity index (χ1n) is 5.28. The van der Waals surface area contributed by atoms with E-state index < -0.39 is 17.6 Å². The summed E-state index contributed by atoms with van der Waals surface area (Å²) in [6, 6.07) is -0.618. The molecule has 6 nitrogen and oxygen atoms in total. The lowest BCUT2D eigenvalue weighted by molar-refractivity contribution is -0.156. The number of carbonyl (C=O) groups is 1. The second-order valence-corrected chi connectivity index (χ2v) is 4.62. The van der Waals surface area contributed by atoms with Crippen molar-refractivity contribution < 1.29 is 9.53 Å². The molecule has 6 heteroatoms. The van der Waals surface area contributed by atoms with Crippen LogP contribution in [0.4, 0.5) is 0 Å². The van der Waals surface area contributed by atoms with E-state index in [4.69, 9.17) is 21.6 Å². The average molecular weight is 230 g/mol. The van der Waals surface area contributed by atoms with Crippen molar-refractivity contribution >= 4 is 11.9 Å². The number of esters is 1. The maximum atomic E-state index is 11.5. The Morgan fingerprint density at radius 3 is 2.50 bits per heavy atom. The maximum absolute atomic E-state index is 11.5. The lowest BCUT2D eigenvalue weighted by Crippen LogP contribution is -2.38. The highest BCUT2D eigenvalue weighted by molar-refractivity contribution is 5.76. The molecule has 0 rings (SSSR count). The van der Waals surface area contributed by atoms with E-state index in [9.17, 15) is 4.79 Å². The topological polar surface area (TPSA) is 114 Å². The van der Waals surface area contributed by atoms with Gasteiger partial charge in [-0.1, -0.05) is 0 Å². The van der Waals surface area contributed by atoms with Gasteiger partial charge in [-0.25, -0.2) is 0 Å².